The van der Waals surface area contributed by atoms with Crippen LogP contribution >= 0.6 is 0 Å². The van der Waals surface area contributed by atoms with E-state index in [1.165, 1.54) is 12.1 Å². The Balaban J connectivity index is 2.18. The van der Waals surface area contributed by atoms with Crippen LogP contribution in [0.2, 0.25) is 0 Å². The van der Waals surface area contributed by atoms with E-state index in [1.54, 1.807) is 0 Å². The number of hydrogen-bond donors (Lipinski definition) is 1. The molecule has 0 saturated carbocycles. The van der Waals surface area contributed by atoms with Crippen LogP contribution in [0.1, 0.15) is 18.9 Å². The fraction of sp³-hybridized carbons (Fsp3) is 0.600. The maximum atomic E-state index is 14.2. The lowest BCUT2D eigenvalue weighted by Crippen LogP contribution is -2.30. The summed E-state index contributed by atoms with van der Waals surface area (Å²) >= 11 is 0. The summed E-state index contributed by atoms with van der Waals surface area (Å²) in [4.78, 5) is 4.01. The second-order valence-corrected chi connectivity index (χ2v) is 5.33. The van der Waals surface area contributed by atoms with Gasteiger partial charge in [-0.1, -0.05) is 6.92 Å². The first-order valence-electron chi connectivity index (χ1n) is 7.24. The minimum Gasteiger partial charge on any atom is -0.365 e. The second kappa shape index (κ2) is 6.99. The van der Waals surface area contributed by atoms with Crippen molar-refractivity contribution in [3.63, 3.8) is 0 Å². The molecule has 2 rings (SSSR count). The molecule has 112 valence electrons. The number of nitrogens with one attached hydrogen (secondary N) is 1. The average Bonchev–Trinajstić information content (AvgIpc) is 2.61. The topological polar surface area (TPSA) is 18.5 Å². The van der Waals surface area contributed by atoms with Gasteiger partial charge in [-0.05, 0) is 44.3 Å². The highest BCUT2D eigenvalue weighted by Gasteiger charge is 2.20. The minimum absolute atomic E-state index is 0.126. The summed E-state index contributed by atoms with van der Waals surface area (Å²) in [6, 6.07) is 2.88. The van der Waals surface area contributed by atoms with Gasteiger partial charge in [0.05, 0.1) is 0 Å². The van der Waals surface area contributed by atoms with Crippen molar-refractivity contribution in [3.8, 4) is 0 Å². The van der Waals surface area contributed by atoms with E-state index in [1.807, 2.05) is 18.9 Å². The monoisotopic (exact) mass is 283 g/mol. The molecule has 1 fully saturated rings. The van der Waals surface area contributed by atoms with Crippen LogP contribution in [0.15, 0.2) is 12.1 Å². The van der Waals surface area contributed by atoms with Gasteiger partial charge in [-0.3, -0.25) is 0 Å². The lowest BCUT2D eigenvalue weighted by atomic mass is 10.1. The van der Waals surface area contributed by atoms with Gasteiger partial charge < -0.3 is 15.1 Å². The van der Waals surface area contributed by atoms with E-state index < -0.39 is 11.6 Å². The molecule has 1 N–H and O–H groups in total. The molecule has 20 heavy (non-hydrogen) atoms. The van der Waals surface area contributed by atoms with Crippen LogP contribution in [0.4, 0.5) is 14.5 Å². The van der Waals surface area contributed by atoms with Crippen LogP contribution in [-0.4, -0.2) is 44.7 Å². The van der Waals surface area contributed by atoms with E-state index in [4.69, 9.17) is 0 Å². The SMILES string of the molecule is CCNCc1cc(F)c(N2CCCN(C)CC2)c(F)c1. The third-order valence-corrected chi connectivity index (χ3v) is 3.69. The van der Waals surface area contributed by atoms with E-state index in [-0.39, 0.29) is 5.69 Å². The zero-order valence-electron chi connectivity index (χ0n) is 12.3. The van der Waals surface area contributed by atoms with E-state index in [9.17, 15) is 8.78 Å². The third kappa shape index (κ3) is 3.67. The van der Waals surface area contributed by atoms with Gasteiger partial charge in [-0.2, -0.15) is 0 Å². The maximum Gasteiger partial charge on any atom is 0.149 e. The number of likely N-dealkylation sites (N-methyl/N-ethyl adjacent to an activating group) is 1. The molecule has 0 aliphatic carbocycles. The van der Waals surface area contributed by atoms with Crippen molar-refractivity contribution in [2.24, 2.45) is 0 Å². The van der Waals surface area contributed by atoms with Gasteiger partial charge in [0.1, 0.15) is 17.3 Å². The molecule has 0 spiro atoms. The summed E-state index contributed by atoms with van der Waals surface area (Å²) in [5.41, 5.74) is 0.776. The van der Waals surface area contributed by atoms with E-state index in [0.717, 1.165) is 26.1 Å². The van der Waals surface area contributed by atoms with Crippen molar-refractivity contribution >= 4 is 5.69 Å². The first-order valence-corrected chi connectivity index (χ1v) is 7.24. The van der Waals surface area contributed by atoms with Gasteiger partial charge in [0, 0.05) is 26.2 Å². The van der Waals surface area contributed by atoms with Crippen LogP contribution in [0.3, 0.4) is 0 Å². The van der Waals surface area contributed by atoms with Crippen LogP contribution in [0.25, 0.3) is 0 Å². The van der Waals surface area contributed by atoms with Crippen LogP contribution in [-0.2, 0) is 6.54 Å². The van der Waals surface area contributed by atoms with Crippen molar-refractivity contribution in [3.05, 3.63) is 29.3 Å². The molecule has 1 saturated heterocycles. The molecule has 1 heterocycles. The van der Waals surface area contributed by atoms with Crippen LogP contribution in [0.5, 0.6) is 0 Å². The number of rotatable bonds is 4. The molecular weight excluding hydrogens is 260 g/mol. The van der Waals surface area contributed by atoms with Gasteiger partial charge in [-0.25, -0.2) is 8.78 Å². The molecule has 0 atom stereocenters. The standard InChI is InChI=1S/C15H23F2N3/c1-3-18-11-12-9-13(16)15(14(17)10-12)20-6-4-5-19(2)7-8-20/h9-10,18H,3-8,11H2,1-2H3. The fourth-order valence-corrected chi connectivity index (χ4v) is 2.56. The number of anilines is 1. The summed E-state index contributed by atoms with van der Waals surface area (Å²) in [6.45, 7) is 6.41. The first kappa shape index (κ1) is 15.2. The molecular formula is C15H23F2N3. The molecule has 5 heteroatoms. The predicted molar refractivity (Wildman–Crippen MR) is 78.1 cm³/mol. The van der Waals surface area contributed by atoms with Crippen molar-refractivity contribution < 1.29 is 8.78 Å². The van der Waals surface area contributed by atoms with E-state index in [2.05, 4.69) is 10.2 Å². The molecule has 1 aromatic rings. The second-order valence-electron chi connectivity index (χ2n) is 5.33. The number of hydrogen-bond acceptors (Lipinski definition) is 3. The van der Waals surface area contributed by atoms with Gasteiger partial charge in [0.15, 0.2) is 0 Å². The molecule has 1 aromatic carbocycles. The Morgan fingerprint density at radius 2 is 1.80 bits per heavy atom. The van der Waals surface area contributed by atoms with Gasteiger partial charge in [0.2, 0.25) is 0 Å². The lowest BCUT2D eigenvalue weighted by molar-refractivity contribution is 0.360. The zero-order chi connectivity index (χ0) is 14.5. The Labute approximate surface area is 119 Å². The molecule has 1 aliphatic heterocycles. The molecule has 0 amide bonds. The summed E-state index contributed by atoms with van der Waals surface area (Å²) in [5, 5.41) is 3.08. The Morgan fingerprint density at radius 3 is 2.45 bits per heavy atom. The number of benzene rings is 1. The van der Waals surface area contributed by atoms with E-state index in [0.29, 0.717) is 25.2 Å². The molecule has 0 radical (unpaired) electrons. The first-order chi connectivity index (χ1) is 9.61. The molecule has 0 bridgehead atoms. The summed E-state index contributed by atoms with van der Waals surface area (Å²) < 4.78 is 28.5. The average molecular weight is 283 g/mol. The highest BCUT2D eigenvalue weighted by Crippen LogP contribution is 2.26. The quantitative estimate of drug-likeness (QED) is 0.914. The van der Waals surface area contributed by atoms with Crippen molar-refractivity contribution in [1.82, 2.24) is 10.2 Å². The Hall–Kier alpha value is -1.20. The molecule has 3 nitrogen and oxygen atoms in total. The fourth-order valence-electron chi connectivity index (χ4n) is 2.56. The van der Waals surface area contributed by atoms with Gasteiger partial charge >= 0.3 is 0 Å². The third-order valence-electron chi connectivity index (χ3n) is 3.69. The summed E-state index contributed by atoms with van der Waals surface area (Å²) in [5.74, 6) is -0.912. The lowest BCUT2D eigenvalue weighted by Gasteiger charge is -2.24. The minimum atomic E-state index is -0.456. The van der Waals surface area contributed by atoms with Crippen molar-refractivity contribution in [1.29, 1.82) is 0 Å². The predicted octanol–water partition coefficient (Wildman–Crippen LogP) is 2.22. The van der Waals surface area contributed by atoms with Crippen LogP contribution < -0.4 is 10.2 Å². The molecule has 0 unspecified atom stereocenters. The molecule has 1 aliphatic rings. The van der Waals surface area contributed by atoms with Gasteiger partial charge in [0.25, 0.3) is 0 Å². The van der Waals surface area contributed by atoms with Gasteiger partial charge in [-0.15, -0.1) is 0 Å². The highest BCUT2D eigenvalue weighted by molar-refractivity contribution is 5.51. The Kier molecular flexibility index (Phi) is 5.31. The highest BCUT2D eigenvalue weighted by atomic mass is 19.1. The van der Waals surface area contributed by atoms with Crippen molar-refractivity contribution in [2.45, 2.75) is 19.9 Å². The Morgan fingerprint density at radius 1 is 1.10 bits per heavy atom. The van der Waals surface area contributed by atoms with E-state index >= 15 is 0 Å². The number of nitrogens with zero attached hydrogens (tertiary/aromatic N) is 2. The summed E-state index contributed by atoms with van der Waals surface area (Å²) in [6.07, 6.45) is 0.925. The molecule has 0 aromatic heterocycles. The smallest absolute Gasteiger partial charge is 0.149 e. The normalized spacial score (nSPS) is 17.3. The Bertz CT molecular complexity index is 428. The summed E-state index contributed by atoms with van der Waals surface area (Å²) in [7, 11) is 2.04. The largest absolute Gasteiger partial charge is 0.365 e. The van der Waals surface area contributed by atoms with Crippen LogP contribution in [0, 0.1) is 11.6 Å². The van der Waals surface area contributed by atoms with Crippen molar-refractivity contribution in [2.75, 3.05) is 44.7 Å². The maximum absolute atomic E-state index is 14.2. The zero-order valence-corrected chi connectivity index (χ0v) is 12.3. The number of halogens is 2.